The van der Waals surface area contributed by atoms with Crippen molar-refractivity contribution < 1.29 is 14.3 Å². The molecule has 2 amide bonds. The number of nitrogens with one attached hydrogen (secondary N) is 2. The van der Waals surface area contributed by atoms with E-state index in [1.54, 1.807) is 7.11 Å². The zero-order valence-corrected chi connectivity index (χ0v) is 15.5. The summed E-state index contributed by atoms with van der Waals surface area (Å²) in [5.74, 6) is 0.400. The average Bonchev–Trinajstić information content (AvgIpc) is 2.63. The molecule has 0 fully saturated rings. The Hall–Kier alpha value is -2.82. The van der Waals surface area contributed by atoms with Gasteiger partial charge in [-0.25, -0.2) is 0 Å². The zero-order chi connectivity index (χ0) is 18.9. The maximum absolute atomic E-state index is 12.4. The zero-order valence-electron chi connectivity index (χ0n) is 15.5. The summed E-state index contributed by atoms with van der Waals surface area (Å²) in [6, 6.07) is 14.8. The van der Waals surface area contributed by atoms with Gasteiger partial charge in [0.2, 0.25) is 11.8 Å². The van der Waals surface area contributed by atoms with Gasteiger partial charge in [-0.2, -0.15) is 0 Å². The first kappa shape index (κ1) is 19.5. The van der Waals surface area contributed by atoms with Crippen molar-refractivity contribution in [2.75, 3.05) is 12.4 Å². The Kier molecular flexibility index (Phi) is 7.21. The van der Waals surface area contributed by atoms with Gasteiger partial charge in [0.15, 0.2) is 0 Å². The minimum absolute atomic E-state index is 0.150. The molecule has 26 heavy (non-hydrogen) atoms. The highest BCUT2D eigenvalue weighted by molar-refractivity contribution is 5.91. The monoisotopic (exact) mass is 354 g/mol. The topological polar surface area (TPSA) is 67.4 Å². The van der Waals surface area contributed by atoms with Gasteiger partial charge in [0, 0.05) is 12.6 Å². The number of anilines is 1. The molecule has 1 atom stereocenters. The van der Waals surface area contributed by atoms with Crippen molar-refractivity contribution >= 4 is 17.5 Å². The standard InChI is InChI=1S/C21H26N2O3/c1-4-5-16-6-10-18(11-7-16)23-21(25)14-20(22-15(2)24)17-8-12-19(26-3)13-9-17/h6-13,20H,4-5,14H2,1-3H3,(H,22,24)(H,23,25). The van der Waals surface area contributed by atoms with E-state index in [1.807, 2.05) is 48.5 Å². The number of carbonyl (C=O) groups is 2. The van der Waals surface area contributed by atoms with E-state index in [0.29, 0.717) is 0 Å². The number of aryl methyl sites for hydroxylation is 1. The van der Waals surface area contributed by atoms with Gasteiger partial charge in [-0.3, -0.25) is 9.59 Å². The Balaban J connectivity index is 2.04. The third-order valence-corrected chi connectivity index (χ3v) is 4.06. The fourth-order valence-corrected chi connectivity index (χ4v) is 2.77. The number of hydrogen-bond donors (Lipinski definition) is 2. The summed E-state index contributed by atoms with van der Waals surface area (Å²) >= 11 is 0. The van der Waals surface area contributed by atoms with Crippen LogP contribution in [0.5, 0.6) is 5.75 Å². The molecule has 0 aromatic heterocycles. The van der Waals surface area contributed by atoms with Gasteiger partial charge in [0.05, 0.1) is 19.6 Å². The second-order valence-corrected chi connectivity index (χ2v) is 6.23. The van der Waals surface area contributed by atoms with Gasteiger partial charge >= 0.3 is 0 Å². The predicted molar refractivity (Wildman–Crippen MR) is 103 cm³/mol. The Labute approximate surface area is 154 Å². The van der Waals surface area contributed by atoms with Gasteiger partial charge < -0.3 is 15.4 Å². The maximum Gasteiger partial charge on any atom is 0.226 e. The Morgan fingerprint density at radius 2 is 1.69 bits per heavy atom. The molecule has 0 aliphatic rings. The largest absolute Gasteiger partial charge is 0.497 e. The lowest BCUT2D eigenvalue weighted by atomic mass is 10.0. The molecule has 0 saturated heterocycles. The maximum atomic E-state index is 12.4. The highest BCUT2D eigenvalue weighted by atomic mass is 16.5. The first-order chi connectivity index (χ1) is 12.5. The van der Waals surface area contributed by atoms with Crippen LogP contribution in [-0.4, -0.2) is 18.9 Å². The van der Waals surface area contributed by atoms with Gasteiger partial charge in [-0.15, -0.1) is 0 Å². The van der Waals surface area contributed by atoms with Crippen LogP contribution in [0.2, 0.25) is 0 Å². The van der Waals surface area contributed by atoms with E-state index in [4.69, 9.17) is 4.74 Å². The molecule has 0 aliphatic heterocycles. The van der Waals surface area contributed by atoms with E-state index in [1.165, 1.54) is 12.5 Å². The van der Waals surface area contributed by atoms with Crippen molar-refractivity contribution in [2.24, 2.45) is 0 Å². The van der Waals surface area contributed by atoms with E-state index in [0.717, 1.165) is 29.8 Å². The molecule has 2 rings (SSSR count). The van der Waals surface area contributed by atoms with E-state index < -0.39 is 6.04 Å². The third kappa shape index (κ3) is 5.92. The number of amides is 2. The summed E-state index contributed by atoms with van der Waals surface area (Å²) in [4.78, 5) is 23.9. The van der Waals surface area contributed by atoms with Gasteiger partial charge in [-0.1, -0.05) is 37.6 Å². The third-order valence-electron chi connectivity index (χ3n) is 4.06. The number of rotatable bonds is 8. The smallest absolute Gasteiger partial charge is 0.226 e. The number of benzene rings is 2. The van der Waals surface area contributed by atoms with Crippen LogP contribution in [0.25, 0.3) is 0 Å². The number of methoxy groups -OCH3 is 1. The van der Waals surface area contributed by atoms with E-state index in [9.17, 15) is 9.59 Å². The van der Waals surface area contributed by atoms with Crippen LogP contribution in [0.15, 0.2) is 48.5 Å². The van der Waals surface area contributed by atoms with Gasteiger partial charge in [-0.05, 0) is 41.8 Å². The summed E-state index contributed by atoms with van der Waals surface area (Å²) in [6.07, 6.45) is 2.27. The molecule has 2 N–H and O–H groups in total. The lowest BCUT2D eigenvalue weighted by molar-refractivity contribution is -0.120. The summed E-state index contributed by atoms with van der Waals surface area (Å²) in [5.41, 5.74) is 2.86. The fraction of sp³-hybridized carbons (Fsp3) is 0.333. The average molecular weight is 354 g/mol. The second-order valence-electron chi connectivity index (χ2n) is 6.23. The van der Waals surface area contributed by atoms with Crippen molar-refractivity contribution in [3.63, 3.8) is 0 Å². The van der Waals surface area contributed by atoms with Gasteiger partial charge in [0.1, 0.15) is 5.75 Å². The first-order valence-electron chi connectivity index (χ1n) is 8.81. The highest BCUT2D eigenvalue weighted by Gasteiger charge is 2.17. The molecule has 0 bridgehead atoms. The molecular formula is C21H26N2O3. The van der Waals surface area contributed by atoms with Crippen LogP contribution >= 0.6 is 0 Å². The molecule has 138 valence electrons. The number of ether oxygens (including phenoxy) is 1. The quantitative estimate of drug-likeness (QED) is 0.756. The molecule has 0 aliphatic carbocycles. The molecule has 5 heteroatoms. The molecule has 0 radical (unpaired) electrons. The fourth-order valence-electron chi connectivity index (χ4n) is 2.77. The van der Waals surface area contributed by atoms with Crippen LogP contribution in [0.4, 0.5) is 5.69 Å². The van der Waals surface area contributed by atoms with Crippen LogP contribution in [-0.2, 0) is 16.0 Å². The highest BCUT2D eigenvalue weighted by Crippen LogP contribution is 2.21. The number of hydrogen-bond acceptors (Lipinski definition) is 3. The molecule has 5 nitrogen and oxygen atoms in total. The van der Waals surface area contributed by atoms with E-state index in [2.05, 4.69) is 17.6 Å². The minimum atomic E-state index is -0.391. The van der Waals surface area contributed by atoms with Crippen molar-refractivity contribution in [1.29, 1.82) is 0 Å². The molecular weight excluding hydrogens is 328 g/mol. The summed E-state index contributed by atoms with van der Waals surface area (Å²) in [7, 11) is 1.60. The van der Waals surface area contributed by atoms with Gasteiger partial charge in [0.25, 0.3) is 0 Å². The van der Waals surface area contributed by atoms with Crippen molar-refractivity contribution in [3.05, 3.63) is 59.7 Å². The summed E-state index contributed by atoms with van der Waals surface area (Å²) in [5, 5.41) is 5.73. The van der Waals surface area contributed by atoms with Crippen molar-refractivity contribution in [1.82, 2.24) is 5.32 Å². The van der Waals surface area contributed by atoms with Crippen LogP contribution in [0.3, 0.4) is 0 Å². The van der Waals surface area contributed by atoms with Crippen LogP contribution in [0, 0.1) is 0 Å². The molecule has 0 spiro atoms. The lowest BCUT2D eigenvalue weighted by Crippen LogP contribution is -2.29. The SMILES string of the molecule is CCCc1ccc(NC(=O)CC(NC(C)=O)c2ccc(OC)cc2)cc1. The lowest BCUT2D eigenvalue weighted by Gasteiger charge is -2.18. The molecule has 2 aromatic rings. The Morgan fingerprint density at radius 3 is 2.23 bits per heavy atom. The first-order valence-corrected chi connectivity index (χ1v) is 8.81. The second kappa shape index (κ2) is 9.61. The summed E-state index contributed by atoms with van der Waals surface area (Å²) in [6.45, 7) is 3.58. The van der Waals surface area contributed by atoms with E-state index >= 15 is 0 Å². The Morgan fingerprint density at radius 1 is 1.04 bits per heavy atom. The van der Waals surface area contributed by atoms with Crippen molar-refractivity contribution in [3.8, 4) is 5.75 Å². The molecule has 0 saturated carbocycles. The normalized spacial score (nSPS) is 11.5. The minimum Gasteiger partial charge on any atom is -0.497 e. The molecule has 2 aromatic carbocycles. The Bertz CT molecular complexity index is 724. The van der Waals surface area contributed by atoms with Crippen molar-refractivity contribution in [2.45, 2.75) is 39.2 Å². The number of carbonyl (C=O) groups excluding carboxylic acids is 2. The molecule has 0 heterocycles. The molecule has 1 unspecified atom stereocenters. The van der Waals surface area contributed by atoms with E-state index in [-0.39, 0.29) is 18.2 Å². The van der Waals surface area contributed by atoms with Crippen LogP contribution < -0.4 is 15.4 Å². The van der Waals surface area contributed by atoms with Crippen LogP contribution in [0.1, 0.15) is 43.9 Å². The predicted octanol–water partition coefficient (Wildman–Crippen LogP) is 3.85. The summed E-state index contributed by atoms with van der Waals surface area (Å²) < 4.78 is 5.15.